The monoisotopic (exact) mass is 199 g/mol. The fourth-order valence-corrected chi connectivity index (χ4v) is 0.696. The quantitative estimate of drug-likeness (QED) is 0.452. The second-order valence-electron chi connectivity index (χ2n) is 2.55. The Hall–Kier alpha value is -1.72. The summed E-state index contributed by atoms with van der Waals surface area (Å²) in [5, 5.41) is 0. The van der Waals surface area contributed by atoms with Crippen molar-refractivity contribution in [2.75, 3.05) is 20.1 Å². The maximum absolute atomic E-state index is 11.1. The van der Waals surface area contributed by atoms with Gasteiger partial charge in [0.25, 0.3) is 0 Å². The van der Waals surface area contributed by atoms with E-state index in [9.17, 15) is 14.4 Å². The molecule has 0 heterocycles. The zero-order valence-electron chi connectivity index (χ0n) is 8.21. The van der Waals surface area contributed by atoms with Crippen LogP contribution in [0.25, 0.3) is 0 Å². The molecule has 4 amide bonds. The van der Waals surface area contributed by atoms with Crippen molar-refractivity contribution in [2.24, 2.45) is 4.99 Å². The third kappa shape index (κ3) is 4.34. The Kier molecular flexibility index (Phi) is 5.93. The topological polar surface area (TPSA) is 70.1 Å². The molecule has 0 aliphatic heterocycles. The number of carbonyl (C=O) groups is 3. The van der Waals surface area contributed by atoms with Gasteiger partial charge in [-0.25, -0.2) is 9.79 Å². The van der Waals surface area contributed by atoms with Gasteiger partial charge >= 0.3 is 6.03 Å². The van der Waals surface area contributed by atoms with Crippen molar-refractivity contribution in [3.8, 4) is 0 Å². The zero-order chi connectivity index (χ0) is 11.0. The summed E-state index contributed by atoms with van der Waals surface area (Å²) in [6.45, 7) is 2.03. The molecule has 0 fully saturated rings. The highest BCUT2D eigenvalue weighted by atomic mass is 16.2. The van der Waals surface area contributed by atoms with Gasteiger partial charge < -0.3 is 4.90 Å². The molecule has 0 N–H and O–H groups in total. The van der Waals surface area contributed by atoms with Gasteiger partial charge in [-0.2, -0.15) is 0 Å². The smallest absolute Gasteiger partial charge is 0.347 e. The van der Waals surface area contributed by atoms with E-state index < -0.39 is 6.03 Å². The Labute approximate surface area is 82.2 Å². The second-order valence-corrected chi connectivity index (χ2v) is 2.55. The standard InChI is InChI=1S/C8H13N3O3/c1-3-9-8(14)11(7-13)5-4-10(2)6-12/h3,6-7H,4-5H2,1-2H3. The predicted molar refractivity (Wildman–Crippen MR) is 51.0 cm³/mol. The van der Waals surface area contributed by atoms with Crippen LogP contribution in [0.4, 0.5) is 4.79 Å². The summed E-state index contributed by atoms with van der Waals surface area (Å²) in [6.07, 6.45) is 2.33. The fourth-order valence-electron chi connectivity index (χ4n) is 0.696. The number of nitrogens with zero attached hydrogens (tertiary/aromatic N) is 3. The van der Waals surface area contributed by atoms with Crippen LogP contribution in [-0.2, 0) is 9.59 Å². The van der Waals surface area contributed by atoms with E-state index >= 15 is 0 Å². The molecule has 0 saturated heterocycles. The van der Waals surface area contributed by atoms with Crippen LogP contribution in [0.3, 0.4) is 0 Å². The summed E-state index contributed by atoms with van der Waals surface area (Å²) in [5.74, 6) is 0. The van der Waals surface area contributed by atoms with Crippen molar-refractivity contribution in [3.05, 3.63) is 0 Å². The van der Waals surface area contributed by atoms with Crippen molar-refractivity contribution in [3.63, 3.8) is 0 Å². The van der Waals surface area contributed by atoms with E-state index in [1.807, 2.05) is 0 Å². The highest BCUT2D eigenvalue weighted by Gasteiger charge is 2.10. The number of hydrogen-bond acceptors (Lipinski definition) is 3. The van der Waals surface area contributed by atoms with E-state index in [-0.39, 0.29) is 6.54 Å². The Balaban J connectivity index is 4.09. The largest absolute Gasteiger partial charge is 0.349 e. The highest BCUT2D eigenvalue weighted by molar-refractivity contribution is 5.89. The Morgan fingerprint density at radius 3 is 2.36 bits per heavy atom. The average Bonchev–Trinajstić information content (AvgIpc) is 2.18. The van der Waals surface area contributed by atoms with Crippen LogP contribution in [-0.4, -0.2) is 55.0 Å². The molecule has 78 valence electrons. The lowest BCUT2D eigenvalue weighted by Gasteiger charge is -2.15. The van der Waals surface area contributed by atoms with Crippen LogP contribution in [0.2, 0.25) is 0 Å². The lowest BCUT2D eigenvalue weighted by Crippen LogP contribution is -2.34. The first-order chi connectivity index (χ1) is 6.65. The minimum Gasteiger partial charge on any atom is -0.347 e. The third-order valence-electron chi connectivity index (χ3n) is 1.49. The molecule has 0 radical (unpaired) electrons. The van der Waals surface area contributed by atoms with Gasteiger partial charge in [0.05, 0.1) is 0 Å². The number of urea groups is 1. The fraction of sp³-hybridized carbons (Fsp3) is 0.500. The minimum atomic E-state index is -0.623. The van der Waals surface area contributed by atoms with E-state index in [0.29, 0.717) is 19.4 Å². The molecule has 0 unspecified atom stereocenters. The van der Waals surface area contributed by atoms with Gasteiger partial charge in [-0.3, -0.25) is 14.5 Å². The van der Waals surface area contributed by atoms with Crippen molar-refractivity contribution in [1.82, 2.24) is 9.80 Å². The van der Waals surface area contributed by atoms with Gasteiger partial charge in [0.15, 0.2) is 0 Å². The lowest BCUT2D eigenvalue weighted by atomic mass is 10.5. The summed E-state index contributed by atoms with van der Waals surface area (Å²) in [4.78, 5) is 37.4. The maximum atomic E-state index is 11.1. The number of hydrogen-bond donors (Lipinski definition) is 0. The molecule has 6 heteroatoms. The lowest BCUT2D eigenvalue weighted by molar-refractivity contribution is -0.119. The van der Waals surface area contributed by atoms with E-state index in [4.69, 9.17) is 0 Å². The van der Waals surface area contributed by atoms with Gasteiger partial charge in [0, 0.05) is 26.4 Å². The molecule has 0 rings (SSSR count). The van der Waals surface area contributed by atoms with Gasteiger partial charge in [-0.05, 0) is 6.92 Å². The number of amides is 4. The molecule has 0 aliphatic rings. The summed E-state index contributed by atoms with van der Waals surface area (Å²) >= 11 is 0. The molecular formula is C8H13N3O3. The summed E-state index contributed by atoms with van der Waals surface area (Å²) in [7, 11) is 1.56. The molecule has 0 spiro atoms. The first-order valence-corrected chi connectivity index (χ1v) is 4.05. The second kappa shape index (κ2) is 6.76. The van der Waals surface area contributed by atoms with Crippen LogP contribution in [0.5, 0.6) is 0 Å². The van der Waals surface area contributed by atoms with E-state index in [1.165, 1.54) is 11.1 Å². The van der Waals surface area contributed by atoms with Gasteiger partial charge in [-0.1, -0.05) is 0 Å². The number of rotatable bonds is 5. The average molecular weight is 199 g/mol. The molecule has 0 aromatic carbocycles. The van der Waals surface area contributed by atoms with Crippen molar-refractivity contribution in [1.29, 1.82) is 0 Å². The van der Waals surface area contributed by atoms with E-state index in [0.717, 1.165) is 4.90 Å². The normalized spacial score (nSPS) is 9.86. The van der Waals surface area contributed by atoms with Crippen LogP contribution in [0.1, 0.15) is 6.92 Å². The molecule has 0 bridgehead atoms. The number of imide groups is 1. The number of likely N-dealkylation sites (N-methyl/N-ethyl adjacent to an activating group) is 1. The van der Waals surface area contributed by atoms with Gasteiger partial charge in [0.2, 0.25) is 12.8 Å². The summed E-state index contributed by atoms with van der Waals surface area (Å²) in [5.41, 5.74) is 0. The molecule has 0 aliphatic carbocycles. The molecule has 14 heavy (non-hydrogen) atoms. The number of aliphatic imine (C=N–C) groups is 1. The third-order valence-corrected chi connectivity index (χ3v) is 1.49. The molecular weight excluding hydrogens is 186 g/mol. The van der Waals surface area contributed by atoms with E-state index in [2.05, 4.69) is 4.99 Å². The van der Waals surface area contributed by atoms with Crippen LogP contribution >= 0.6 is 0 Å². The molecule has 0 atom stereocenters. The molecule has 0 aromatic rings. The van der Waals surface area contributed by atoms with Crippen molar-refractivity contribution >= 4 is 25.1 Å². The van der Waals surface area contributed by atoms with Crippen LogP contribution in [0, 0.1) is 0 Å². The highest BCUT2D eigenvalue weighted by Crippen LogP contribution is 1.90. The summed E-state index contributed by atoms with van der Waals surface area (Å²) < 4.78 is 0. The van der Waals surface area contributed by atoms with Crippen molar-refractivity contribution in [2.45, 2.75) is 6.92 Å². The van der Waals surface area contributed by atoms with Gasteiger partial charge in [0.1, 0.15) is 0 Å². The van der Waals surface area contributed by atoms with E-state index in [1.54, 1.807) is 14.0 Å². The minimum absolute atomic E-state index is 0.148. The van der Waals surface area contributed by atoms with Gasteiger partial charge in [-0.15, -0.1) is 0 Å². The summed E-state index contributed by atoms with van der Waals surface area (Å²) in [6, 6.07) is -0.623. The maximum Gasteiger partial charge on any atom is 0.349 e. The number of carbonyl (C=O) groups excluding carboxylic acids is 3. The first-order valence-electron chi connectivity index (χ1n) is 4.05. The van der Waals surface area contributed by atoms with Crippen LogP contribution in [0.15, 0.2) is 4.99 Å². The Morgan fingerprint density at radius 1 is 1.29 bits per heavy atom. The first kappa shape index (κ1) is 12.3. The molecule has 0 aromatic heterocycles. The van der Waals surface area contributed by atoms with Crippen LogP contribution < -0.4 is 0 Å². The molecule has 0 saturated carbocycles. The Bertz CT molecular complexity index is 240. The zero-order valence-corrected chi connectivity index (χ0v) is 8.21. The van der Waals surface area contributed by atoms with Crippen molar-refractivity contribution < 1.29 is 14.4 Å². The Morgan fingerprint density at radius 2 is 1.93 bits per heavy atom. The molecule has 6 nitrogen and oxygen atoms in total. The SMILES string of the molecule is CC=NC(=O)N(C=O)CCN(C)C=O. The predicted octanol–water partition coefficient (Wildman–Crippen LogP) is -0.256.